The van der Waals surface area contributed by atoms with Gasteiger partial charge in [-0.1, -0.05) is 12.2 Å². The monoisotopic (exact) mass is 451 g/mol. The molecule has 2 aromatic rings. The number of methoxy groups -OCH3 is 1. The van der Waals surface area contributed by atoms with Gasteiger partial charge in [0.15, 0.2) is 0 Å². The van der Waals surface area contributed by atoms with Crippen LogP contribution in [0.1, 0.15) is 29.1 Å². The Kier molecular flexibility index (Phi) is 5.10. The largest absolute Gasteiger partial charge is 0.497 e. The van der Waals surface area contributed by atoms with Crippen LogP contribution < -0.4 is 9.64 Å². The van der Waals surface area contributed by atoms with Gasteiger partial charge in [-0.2, -0.15) is 0 Å². The summed E-state index contributed by atoms with van der Waals surface area (Å²) in [6.45, 7) is 4.74. The van der Waals surface area contributed by atoms with Gasteiger partial charge in [-0.05, 0) is 77.9 Å². The maximum absolute atomic E-state index is 13.1. The van der Waals surface area contributed by atoms with E-state index >= 15 is 0 Å². The Hall–Kier alpha value is -1.60. The molecule has 0 unspecified atom stereocenters. The van der Waals surface area contributed by atoms with Crippen molar-refractivity contribution < 1.29 is 9.53 Å². The van der Waals surface area contributed by atoms with Gasteiger partial charge in [0.05, 0.1) is 27.1 Å². The lowest BCUT2D eigenvalue weighted by atomic mass is 10.0. The Labute approximate surface area is 159 Å². The zero-order chi connectivity index (χ0) is 17.3. The highest BCUT2D eigenvalue weighted by Gasteiger charge is 2.28. The standard InChI is InChI=1S/C19H18INO2S/c1-4-5-14-11-21(16-10-17(20)24-18(16)12(14)2)19(22)13-6-8-15(23-3)9-7-13/h4-10H,11H2,1-3H3/b5-4-. The van der Waals surface area contributed by atoms with E-state index in [1.807, 2.05) is 42.2 Å². The third-order valence-electron chi connectivity index (χ3n) is 4.07. The maximum atomic E-state index is 13.1. The van der Waals surface area contributed by atoms with Crippen molar-refractivity contribution in [3.63, 3.8) is 0 Å². The van der Waals surface area contributed by atoms with E-state index in [4.69, 9.17) is 4.74 Å². The van der Waals surface area contributed by atoms with Gasteiger partial charge < -0.3 is 9.64 Å². The first-order chi connectivity index (χ1) is 11.5. The number of fused-ring (bicyclic) bond motifs is 1. The van der Waals surface area contributed by atoms with Crippen LogP contribution in [0.2, 0.25) is 0 Å². The number of amides is 1. The molecule has 0 atom stereocenters. The topological polar surface area (TPSA) is 29.5 Å². The molecule has 3 rings (SSSR count). The van der Waals surface area contributed by atoms with Crippen LogP contribution in [0.5, 0.6) is 5.75 Å². The molecule has 1 aromatic heterocycles. The highest BCUT2D eigenvalue weighted by atomic mass is 127. The van der Waals surface area contributed by atoms with E-state index in [-0.39, 0.29) is 5.91 Å². The number of thiophene rings is 1. The third kappa shape index (κ3) is 3.15. The van der Waals surface area contributed by atoms with Crippen LogP contribution in [0.3, 0.4) is 0 Å². The molecule has 24 heavy (non-hydrogen) atoms. The summed E-state index contributed by atoms with van der Waals surface area (Å²) >= 11 is 4.05. The van der Waals surface area contributed by atoms with Crippen LogP contribution >= 0.6 is 33.9 Å². The van der Waals surface area contributed by atoms with Gasteiger partial charge in [0.25, 0.3) is 5.91 Å². The molecule has 0 saturated heterocycles. The number of nitrogens with zero attached hydrogens (tertiary/aromatic N) is 1. The highest BCUT2D eigenvalue weighted by Crippen LogP contribution is 2.42. The smallest absolute Gasteiger partial charge is 0.258 e. The van der Waals surface area contributed by atoms with Crippen molar-refractivity contribution in [3.05, 3.63) is 61.4 Å². The first-order valence-electron chi connectivity index (χ1n) is 7.63. The number of carbonyl (C=O) groups is 1. The predicted octanol–water partition coefficient (Wildman–Crippen LogP) is 5.37. The number of anilines is 1. The number of carbonyl (C=O) groups excluding carboxylic acids is 1. The fraction of sp³-hybridized carbons (Fsp3) is 0.211. The molecule has 0 saturated carbocycles. The lowest BCUT2D eigenvalue weighted by Gasteiger charge is -2.29. The number of ether oxygens (including phenoxy) is 1. The molecule has 1 aliphatic heterocycles. The van der Waals surface area contributed by atoms with Gasteiger partial charge >= 0.3 is 0 Å². The summed E-state index contributed by atoms with van der Waals surface area (Å²) in [6.07, 6.45) is 4.12. The zero-order valence-electron chi connectivity index (χ0n) is 13.8. The fourth-order valence-corrected chi connectivity index (χ4v) is 4.67. The zero-order valence-corrected chi connectivity index (χ0v) is 16.8. The molecule has 3 nitrogen and oxygen atoms in total. The van der Waals surface area contributed by atoms with Gasteiger partial charge in [0.1, 0.15) is 5.75 Å². The summed E-state index contributed by atoms with van der Waals surface area (Å²) in [7, 11) is 1.62. The van der Waals surface area contributed by atoms with Crippen LogP contribution in [0, 0.1) is 2.88 Å². The molecular weight excluding hydrogens is 433 g/mol. The van der Waals surface area contributed by atoms with Crippen LogP contribution in [-0.4, -0.2) is 19.6 Å². The molecule has 1 aromatic carbocycles. The van der Waals surface area contributed by atoms with E-state index in [1.54, 1.807) is 18.4 Å². The van der Waals surface area contributed by atoms with Crippen molar-refractivity contribution in [2.24, 2.45) is 0 Å². The molecular formula is C19H18INO2S. The quantitative estimate of drug-likeness (QED) is 0.588. The molecule has 0 bridgehead atoms. The van der Waals surface area contributed by atoms with Gasteiger partial charge in [0, 0.05) is 5.56 Å². The maximum Gasteiger partial charge on any atom is 0.258 e. The second-order valence-electron chi connectivity index (χ2n) is 5.53. The lowest BCUT2D eigenvalue weighted by Crippen LogP contribution is -2.35. The second-order valence-corrected chi connectivity index (χ2v) is 8.48. The van der Waals surface area contributed by atoms with Crippen LogP contribution in [0.15, 0.2) is 48.1 Å². The van der Waals surface area contributed by atoms with Crippen LogP contribution in [0.4, 0.5) is 5.69 Å². The van der Waals surface area contributed by atoms with Gasteiger partial charge in [-0.15, -0.1) is 11.3 Å². The average molecular weight is 451 g/mol. The van der Waals surface area contributed by atoms with Gasteiger partial charge in [-0.3, -0.25) is 4.79 Å². The summed E-state index contributed by atoms with van der Waals surface area (Å²) in [5, 5.41) is 0. The van der Waals surface area contributed by atoms with E-state index in [0.29, 0.717) is 12.1 Å². The van der Waals surface area contributed by atoms with Gasteiger partial charge in [-0.25, -0.2) is 0 Å². The molecule has 0 radical (unpaired) electrons. The molecule has 2 heterocycles. The first-order valence-corrected chi connectivity index (χ1v) is 9.52. The molecule has 0 aliphatic carbocycles. The highest BCUT2D eigenvalue weighted by molar-refractivity contribution is 14.1. The minimum absolute atomic E-state index is 0.0163. The summed E-state index contributed by atoms with van der Waals surface area (Å²) in [5.74, 6) is 0.768. The van der Waals surface area contributed by atoms with E-state index in [0.717, 1.165) is 11.4 Å². The predicted molar refractivity (Wildman–Crippen MR) is 109 cm³/mol. The fourth-order valence-electron chi connectivity index (χ4n) is 2.79. The minimum atomic E-state index is 0.0163. The van der Waals surface area contributed by atoms with Crippen LogP contribution in [0.25, 0.3) is 5.57 Å². The Bertz CT molecular complexity index is 834. The summed E-state index contributed by atoms with van der Waals surface area (Å²) < 4.78 is 6.36. The molecule has 5 heteroatoms. The Morgan fingerprint density at radius 3 is 2.67 bits per heavy atom. The lowest BCUT2D eigenvalue weighted by molar-refractivity contribution is 0.0989. The van der Waals surface area contributed by atoms with Crippen LogP contribution in [-0.2, 0) is 0 Å². The normalized spacial score (nSPS) is 14.2. The summed E-state index contributed by atoms with van der Waals surface area (Å²) in [6, 6.07) is 9.38. The number of allylic oxidation sites excluding steroid dienone is 2. The number of hydrogen-bond acceptors (Lipinski definition) is 3. The van der Waals surface area contributed by atoms with Crippen molar-refractivity contribution >= 4 is 51.1 Å². The van der Waals surface area contributed by atoms with E-state index < -0.39 is 0 Å². The molecule has 0 fully saturated rings. The van der Waals surface area contributed by atoms with Crippen molar-refractivity contribution in [1.82, 2.24) is 0 Å². The minimum Gasteiger partial charge on any atom is -0.497 e. The van der Waals surface area contributed by atoms with Crippen molar-refractivity contribution in [2.75, 3.05) is 18.6 Å². The SMILES string of the molecule is C/C=C\C1=C(C)c2sc(I)cc2N(C(=O)c2ccc(OC)cc2)C1. The van der Waals surface area contributed by atoms with Crippen molar-refractivity contribution in [2.45, 2.75) is 13.8 Å². The average Bonchev–Trinajstić information content (AvgIpc) is 2.99. The third-order valence-corrected chi connectivity index (χ3v) is 6.08. The first kappa shape index (κ1) is 17.2. The Morgan fingerprint density at radius 1 is 1.33 bits per heavy atom. The molecule has 0 spiro atoms. The van der Waals surface area contributed by atoms with E-state index in [9.17, 15) is 4.79 Å². The summed E-state index contributed by atoms with van der Waals surface area (Å²) in [5.41, 5.74) is 4.12. The second kappa shape index (κ2) is 7.11. The van der Waals surface area contributed by atoms with Crippen molar-refractivity contribution in [1.29, 1.82) is 0 Å². The molecule has 1 amide bonds. The van der Waals surface area contributed by atoms with Crippen molar-refractivity contribution in [3.8, 4) is 5.75 Å². The summed E-state index contributed by atoms with van der Waals surface area (Å²) in [4.78, 5) is 16.1. The number of hydrogen-bond donors (Lipinski definition) is 0. The van der Waals surface area contributed by atoms with E-state index in [1.165, 1.54) is 18.9 Å². The number of halogens is 1. The number of benzene rings is 1. The Balaban J connectivity index is 2.02. The molecule has 1 aliphatic rings. The molecule has 124 valence electrons. The molecule has 0 N–H and O–H groups in total. The van der Waals surface area contributed by atoms with E-state index in [2.05, 4.69) is 41.7 Å². The Morgan fingerprint density at radius 2 is 2.04 bits per heavy atom. The van der Waals surface area contributed by atoms with Gasteiger partial charge in [0.2, 0.25) is 0 Å². The number of rotatable bonds is 3.